The molecule has 1 saturated heterocycles. The maximum absolute atomic E-state index is 14.4. The molecule has 5 rings (SSSR count). The number of nitrogen functional groups attached to an aromatic ring is 1. The molecule has 2 amide bonds. The molecule has 1 fully saturated rings. The summed E-state index contributed by atoms with van der Waals surface area (Å²) in [5.41, 5.74) is 9.64. The average molecular weight is 528 g/mol. The van der Waals surface area contributed by atoms with Crippen LogP contribution in [0.15, 0.2) is 78.9 Å². The Kier molecular flexibility index (Phi) is 8.14. The van der Waals surface area contributed by atoms with Crippen molar-refractivity contribution in [2.45, 2.75) is 63.4 Å². The number of aromatic amines is 1. The number of anilines is 1. The van der Waals surface area contributed by atoms with Gasteiger partial charge in [-0.1, -0.05) is 80.1 Å². The number of carbonyl (C=O) groups excluding carboxylic acids is 1. The molecule has 0 unspecified atom stereocenters. The fraction of sp³-hybridized carbons (Fsp3) is 0.355. The maximum Gasteiger partial charge on any atom is 0.321 e. The van der Waals surface area contributed by atoms with Crippen molar-refractivity contribution < 1.29 is 15.0 Å². The van der Waals surface area contributed by atoms with Gasteiger partial charge in [0, 0.05) is 18.5 Å². The van der Waals surface area contributed by atoms with Crippen molar-refractivity contribution in [3.8, 4) is 0 Å². The van der Waals surface area contributed by atoms with E-state index in [1.807, 2.05) is 78.9 Å². The van der Waals surface area contributed by atoms with Gasteiger partial charge in [-0.3, -0.25) is 5.10 Å². The van der Waals surface area contributed by atoms with Crippen LogP contribution in [0.25, 0.3) is 10.9 Å². The van der Waals surface area contributed by atoms with Gasteiger partial charge in [0.2, 0.25) is 0 Å². The quantitative estimate of drug-likeness (QED) is 0.261. The number of aromatic nitrogens is 2. The van der Waals surface area contributed by atoms with Crippen molar-refractivity contribution in [2.24, 2.45) is 0 Å². The van der Waals surface area contributed by atoms with Crippen molar-refractivity contribution in [1.82, 2.24) is 20.0 Å². The largest absolute Gasteiger partial charge is 0.388 e. The summed E-state index contributed by atoms with van der Waals surface area (Å²) in [7, 11) is 0. The first-order valence-corrected chi connectivity index (χ1v) is 13.7. The molecule has 8 nitrogen and oxygen atoms in total. The van der Waals surface area contributed by atoms with E-state index in [2.05, 4.69) is 17.1 Å². The van der Waals surface area contributed by atoms with Gasteiger partial charge in [-0.2, -0.15) is 5.10 Å². The molecule has 8 heteroatoms. The zero-order valence-corrected chi connectivity index (χ0v) is 22.3. The molecule has 0 saturated carbocycles. The van der Waals surface area contributed by atoms with Gasteiger partial charge in [0.05, 0.1) is 17.6 Å². The molecule has 1 aliphatic heterocycles. The third kappa shape index (κ3) is 5.77. The molecule has 3 aromatic carbocycles. The number of unbranched alkanes of at least 4 members (excludes halogenated alkanes) is 1. The zero-order valence-electron chi connectivity index (χ0n) is 22.3. The number of hydrogen-bond donors (Lipinski definition) is 4. The highest BCUT2D eigenvalue weighted by atomic mass is 16.3. The van der Waals surface area contributed by atoms with Crippen LogP contribution >= 0.6 is 0 Å². The van der Waals surface area contributed by atoms with Gasteiger partial charge in [-0.25, -0.2) is 4.79 Å². The van der Waals surface area contributed by atoms with Gasteiger partial charge in [-0.05, 0) is 48.1 Å². The summed E-state index contributed by atoms with van der Waals surface area (Å²) in [5.74, 6) is 0.428. The summed E-state index contributed by atoms with van der Waals surface area (Å²) < 4.78 is 0. The lowest BCUT2D eigenvalue weighted by Gasteiger charge is -2.35. The molecular weight excluding hydrogens is 490 g/mol. The van der Waals surface area contributed by atoms with Crippen molar-refractivity contribution in [3.05, 3.63) is 95.6 Å². The second kappa shape index (κ2) is 11.9. The Labute approximate surface area is 229 Å². The third-order valence-corrected chi connectivity index (χ3v) is 7.77. The standard InChI is InChI=1S/C31H37N5O3/c1-2-3-16-35-26(18-21-10-6-4-7-11-21)28(37)29(38)27(19-22-12-8-5-9-13-22)36(31(35)39)20-23-14-15-24-25(17-23)33-34-30(24)32/h4-15,17,26-29,37-38H,2-3,16,18-20H2,1H3,(H3,32,33,34)/t26-,27-,28+,29+/m1/s1. The van der Waals surface area contributed by atoms with Crippen molar-refractivity contribution in [2.75, 3.05) is 12.3 Å². The van der Waals surface area contributed by atoms with Crippen LogP contribution in [0, 0.1) is 0 Å². The number of rotatable bonds is 9. The first-order chi connectivity index (χ1) is 19.0. The Hall–Kier alpha value is -3.88. The van der Waals surface area contributed by atoms with E-state index in [1.54, 1.807) is 9.80 Å². The summed E-state index contributed by atoms with van der Waals surface area (Å²) in [4.78, 5) is 17.9. The first-order valence-electron chi connectivity index (χ1n) is 13.7. The minimum absolute atomic E-state index is 0.176. The molecule has 5 N–H and O–H groups in total. The highest BCUT2D eigenvalue weighted by molar-refractivity contribution is 5.89. The van der Waals surface area contributed by atoms with Crippen LogP contribution in [0.4, 0.5) is 10.6 Å². The monoisotopic (exact) mass is 527 g/mol. The normalized spacial score (nSPS) is 21.9. The van der Waals surface area contributed by atoms with Crippen molar-refractivity contribution in [1.29, 1.82) is 0 Å². The van der Waals surface area contributed by atoms with Crippen LogP contribution in [-0.4, -0.2) is 67.1 Å². The van der Waals surface area contributed by atoms with E-state index in [0.29, 0.717) is 25.2 Å². The summed E-state index contributed by atoms with van der Waals surface area (Å²) >= 11 is 0. The Balaban J connectivity index is 1.55. The number of H-pyrrole nitrogens is 1. The number of nitrogens with zero attached hydrogens (tertiary/aromatic N) is 3. The topological polar surface area (TPSA) is 119 Å². The number of aliphatic hydroxyl groups is 2. The molecule has 1 aromatic heterocycles. The van der Waals surface area contributed by atoms with E-state index in [0.717, 1.165) is 40.4 Å². The molecule has 2 heterocycles. The molecule has 0 aliphatic carbocycles. The van der Waals surface area contributed by atoms with Gasteiger partial charge in [0.1, 0.15) is 12.2 Å². The van der Waals surface area contributed by atoms with Crippen molar-refractivity contribution >= 4 is 22.8 Å². The van der Waals surface area contributed by atoms with Crippen LogP contribution in [0.3, 0.4) is 0 Å². The van der Waals surface area contributed by atoms with E-state index in [9.17, 15) is 15.0 Å². The lowest BCUT2D eigenvalue weighted by atomic mass is 9.91. The summed E-state index contributed by atoms with van der Waals surface area (Å²) in [6.07, 6.45) is 0.340. The molecule has 0 bridgehead atoms. The van der Waals surface area contributed by atoms with E-state index in [1.165, 1.54) is 0 Å². The number of hydrogen-bond acceptors (Lipinski definition) is 5. The van der Waals surface area contributed by atoms with Crippen LogP contribution in [-0.2, 0) is 19.4 Å². The lowest BCUT2D eigenvalue weighted by molar-refractivity contribution is -0.0402. The highest BCUT2D eigenvalue weighted by Crippen LogP contribution is 2.30. The lowest BCUT2D eigenvalue weighted by Crippen LogP contribution is -2.51. The highest BCUT2D eigenvalue weighted by Gasteiger charge is 2.46. The minimum atomic E-state index is -1.14. The third-order valence-electron chi connectivity index (χ3n) is 7.77. The van der Waals surface area contributed by atoms with Crippen LogP contribution < -0.4 is 5.73 Å². The molecule has 0 radical (unpaired) electrons. The summed E-state index contributed by atoms with van der Waals surface area (Å²) in [5, 5.41) is 31.2. The Morgan fingerprint density at radius 1 is 0.846 bits per heavy atom. The van der Waals surface area contributed by atoms with Crippen LogP contribution in [0.1, 0.15) is 36.5 Å². The summed E-state index contributed by atoms with van der Waals surface area (Å²) in [6.45, 7) is 2.86. The summed E-state index contributed by atoms with van der Waals surface area (Å²) in [6, 6.07) is 24.1. The van der Waals surface area contributed by atoms with Gasteiger partial charge < -0.3 is 25.7 Å². The molecular formula is C31H37N5O3. The number of nitrogens with one attached hydrogen (secondary N) is 1. The molecule has 4 atom stereocenters. The first kappa shape index (κ1) is 26.7. The molecule has 4 aromatic rings. The SMILES string of the molecule is CCCCN1C(=O)N(Cc2ccc3c(N)n[nH]c3c2)[C@H](Cc2ccccc2)[C@H](O)[C@@H](O)[C@H]1Cc1ccccc1. The smallest absolute Gasteiger partial charge is 0.321 e. The maximum atomic E-state index is 14.4. The number of benzene rings is 3. The zero-order chi connectivity index (χ0) is 27.4. The predicted molar refractivity (Wildman–Crippen MR) is 153 cm³/mol. The fourth-order valence-electron chi connectivity index (χ4n) is 5.60. The van der Waals surface area contributed by atoms with Gasteiger partial charge >= 0.3 is 6.03 Å². The van der Waals surface area contributed by atoms with Gasteiger partial charge in [0.15, 0.2) is 5.82 Å². The number of urea groups is 1. The number of aliphatic hydroxyl groups excluding tert-OH is 2. The minimum Gasteiger partial charge on any atom is -0.388 e. The Morgan fingerprint density at radius 3 is 2.03 bits per heavy atom. The van der Waals surface area contributed by atoms with E-state index in [4.69, 9.17) is 5.73 Å². The Morgan fingerprint density at radius 2 is 1.44 bits per heavy atom. The van der Waals surface area contributed by atoms with Crippen LogP contribution in [0.2, 0.25) is 0 Å². The number of fused-ring (bicyclic) bond motifs is 1. The predicted octanol–water partition coefficient (Wildman–Crippen LogP) is 4.13. The fourth-order valence-corrected chi connectivity index (χ4v) is 5.60. The number of nitrogens with two attached hydrogens (primary N) is 1. The second-order valence-corrected chi connectivity index (χ2v) is 10.4. The van der Waals surface area contributed by atoms with Gasteiger partial charge in [0.25, 0.3) is 0 Å². The van der Waals surface area contributed by atoms with Crippen molar-refractivity contribution in [3.63, 3.8) is 0 Å². The Bertz CT molecular complexity index is 1380. The van der Waals surface area contributed by atoms with E-state index >= 15 is 0 Å². The van der Waals surface area contributed by atoms with Crippen LogP contribution in [0.5, 0.6) is 0 Å². The molecule has 204 valence electrons. The molecule has 39 heavy (non-hydrogen) atoms. The van der Waals surface area contributed by atoms with E-state index in [-0.39, 0.29) is 12.6 Å². The molecule has 1 aliphatic rings. The number of amides is 2. The second-order valence-electron chi connectivity index (χ2n) is 10.4. The molecule has 0 spiro atoms. The van der Waals surface area contributed by atoms with Gasteiger partial charge in [-0.15, -0.1) is 0 Å². The van der Waals surface area contributed by atoms with E-state index < -0.39 is 24.3 Å². The number of carbonyl (C=O) groups is 1. The average Bonchev–Trinajstić information content (AvgIpc) is 3.31.